The van der Waals surface area contributed by atoms with Crippen molar-refractivity contribution in [3.8, 4) is 0 Å². The highest BCUT2D eigenvalue weighted by molar-refractivity contribution is 5.95. The predicted octanol–water partition coefficient (Wildman–Crippen LogP) is 5.45. The number of amides is 1. The van der Waals surface area contributed by atoms with Gasteiger partial charge in [-0.05, 0) is 62.8 Å². The molecule has 164 valence electrons. The molecule has 4 nitrogen and oxygen atoms in total. The topological polar surface area (TPSA) is 61.4 Å². The number of aliphatic hydroxyl groups excluding tert-OH is 1. The van der Waals surface area contributed by atoms with Crippen LogP contribution in [0.3, 0.4) is 0 Å². The van der Waals surface area contributed by atoms with Crippen molar-refractivity contribution in [3.63, 3.8) is 0 Å². The first-order chi connectivity index (χ1) is 14.1. The van der Waals surface area contributed by atoms with E-state index in [1.165, 1.54) is 76.2 Å². The van der Waals surface area contributed by atoms with Crippen molar-refractivity contribution in [2.24, 2.45) is 5.92 Å². The molecule has 1 saturated carbocycles. The van der Waals surface area contributed by atoms with E-state index in [1.807, 2.05) is 12.1 Å². The predicted molar refractivity (Wildman–Crippen MR) is 122 cm³/mol. The molecule has 29 heavy (non-hydrogen) atoms. The molecule has 0 bridgehead atoms. The van der Waals surface area contributed by atoms with E-state index in [2.05, 4.69) is 29.7 Å². The van der Waals surface area contributed by atoms with Crippen LogP contribution in [0.5, 0.6) is 0 Å². The van der Waals surface area contributed by atoms with Crippen molar-refractivity contribution in [2.75, 3.05) is 11.9 Å². The summed E-state index contributed by atoms with van der Waals surface area (Å²) in [5.41, 5.74) is 2.12. The van der Waals surface area contributed by atoms with Gasteiger partial charge in [-0.3, -0.25) is 4.79 Å². The number of hydrogen-bond donors (Lipinski definition) is 3. The molecule has 1 aromatic rings. The Kier molecular flexibility index (Phi) is 11.3. The molecule has 3 N–H and O–H groups in total. The molecule has 0 spiro atoms. The third kappa shape index (κ3) is 9.31. The Morgan fingerprint density at radius 1 is 1.03 bits per heavy atom. The molecule has 2 rings (SSSR count). The van der Waals surface area contributed by atoms with E-state index >= 15 is 0 Å². The summed E-state index contributed by atoms with van der Waals surface area (Å²) < 4.78 is 0. The fourth-order valence-electron chi connectivity index (χ4n) is 4.25. The third-order valence-electron chi connectivity index (χ3n) is 6.16. The van der Waals surface area contributed by atoms with Crippen molar-refractivity contribution in [1.82, 2.24) is 5.32 Å². The second kappa shape index (κ2) is 13.8. The van der Waals surface area contributed by atoms with E-state index in [4.69, 9.17) is 0 Å². The fraction of sp³-hybridized carbons (Fsp3) is 0.720. The van der Waals surface area contributed by atoms with Crippen LogP contribution in [0, 0.1) is 5.92 Å². The highest BCUT2D eigenvalue weighted by Gasteiger charge is 2.25. The second-order valence-electron chi connectivity index (χ2n) is 8.83. The molecule has 0 saturated heterocycles. The van der Waals surface area contributed by atoms with E-state index in [-0.39, 0.29) is 5.91 Å². The van der Waals surface area contributed by atoms with Gasteiger partial charge in [0.05, 0.1) is 6.10 Å². The van der Waals surface area contributed by atoms with Crippen LogP contribution in [0.25, 0.3) is 0 Å². The first-order valence-electron chi connectivity index (χ1n) is 11.9. The number of carbonyl (C=O) groups excluding carboxylic acids is 1. The minimum atomic E-state index is -0.717. The minimum absolute atomic E-state index is 0.153. The number of nitrogens with one attached hydrogen (secondary N) is 2. The maximum atomic E-state index is 12.7. The summed E-state index contributed by atoms with van der Waals surface area (Å²) in [6.07, 6.45) is 14.5. The molecule has 1 unspecified atom stereocenters. The summed E-state index contributed by atoms with van der Waals surface area (Å²) in [4.78, 5) is 12.7. The Morgan fingerprint density at radius 3 is 2.34 bits per heavy atom. The van der Waals surface area contributed by atoms with E-state index in [0.29, 0.717) is 5.92 Å². The summed E-state index contributed by atoms with van der Waals surface area (Å²) in [5, 5.41) is 16.4. The van der Waals surface area contributed by atoms with E-state index in [1.54, 1.807) is 6.92 Å². The lowest BCUT2D eigenvalue weighted by molar-refractivity contribution is -0.120. The third-order valence-corrected chi connectivity index (χ3v) is 6.16. The maximum absolute atomic E-state index is 12.7. The van der Waals surface area contributed by atoms with Gasteiger partial charge in [0.15, 0.2) is 0 Å². The maximum Gasteiger partial charge on any atom is 0.244 e. The van der Waals surface area contributed by atoms with E-state index in [0.717, 1.165) is 18.7 Å². The fourth-order valence-corrected chi connectivity index (χ4v) is 4.25. The Balaban J connectivity index is 1.75. The van der Waals surface area contributed by atoms with Crippen molar-refractivity contribution >= 4 is 11.6 Å². The zero-order valence-corrected chi connectivity index (χ0v) is 18.6. The molecule has 2 atom stereocenters. The molecule has 1 aliphatic rings. The van der Waals surface area contributed by atoms with Crippen LogP contribution < -0.4 is 10.6 Å². The van der Waals surface area contributed by atoms with Crippen LogP contribution >= 0.6 is 0 Å². The first kappa shape index (κ1) is 23.9. The zero-order chi connectivity index (χ0) is 20.9. The van der Waals surface area contributed by atoms with Crippen LogP contribution in [-0.4, -0.2) is 29.7 Å². The Morgan fingerprint density at radius 2 is 1.69 bits per heavy atom. The van der Waals surface area contributed by atoms with Crippen molar-refractivity contribution < 1.29 is 9.90 Å². The SMILES string of the molecule is CCCCCCCCc1ccc(NC(=O)C(NCC2CCCCC2)[C@H](C)O)cc1. The molecule has 0 heterocycles. The molecule has 0 radical (unpaired) electrons. The van der Waals surface area contributed by atoms with Crippen LogP contribution in [0.1, 0.15) is 90.0 Å². The zero-order valence-electron chi connectivity index (χ0n) is 18.6. The number of aliphatic hydroxyl groups is 1. The number of anilines is 1. The van der Waals surface area contributed by atoms with Gasteiger partial charge in [0.1, 0.15) is 6.04 Å². The Hall–Kier alpha value is -1.39. The normalized spacial score (nSPS) is 17.1. The highest BCUT2D eigenvalue weighted by atomic mass is 16.3. The number of benzene rings is 1. The molecular weight excluding hydrogens is 360 g/mol. The monoisotopic (exact) mass is 402 g/mol. The van der Waals surface area contributed by atoms with Gasteiger partial charge < -0.3 is 15.7 Å². The Bertz CT molecular complexity index is 565. The van der Waals surface area contributed by atoms with E-state index in [9.17, 15) is 9.90 Å². The average molecular weight is 403 g/mol. The van der Waals surface area contributed by atoms with Gasteiger partial charge in [-0.25, -0.2) is 0 Å². The summed E-state index contributed by atoms with van der Waals surface area (Å²) in [6.45, 7) is 4.73. The smallest absolute Gasteiger partial charge is 0.244 e. The molecule has 0 aliphatic heterocycles. The number of unbranched alkanes of at least 4 members (excludes halogenated alkanes) is 5. The van der Waals surface area contributed by atoms with Crippen molar-refractivity contribution in [3.05, 3.63) is 29.8 Å². The quantitative estimate of drug-likeness (QED) is 0.385. The lowest BCUT2D eigenvalue weighted by Gasteiger charge is -2.26. The lowest BCUT2D eigenvalue weighted by atomic mass is 9.89. The van der Waals surface area contributed by atoms with Gasteiger partial charge in [-0.2, -0.15) is 0 Å². The van der Waals surface area contributed by atoms with Gasteiger partial charge >= 0.3 is 0 Å². The summed E-state index contributed by atoms with van der Waals surface area (Å²) in [6, 6.07) is 7.60. The Labute approximate surface area is 177 Å². The van der Waals surface area contributed by atoms with E-state index < -0.39 is 12.1 Å². The van der Waals surface area contributed by atoms with Crippen LogP contribution in [0.15, 0.2) is 24.3 Å². The van der Waals surface area contributed by atoms with Crippen molar-refractivity contribution in [2.45, 2.75) is 103 Å². The van der Waals surface area contributed by atoms with Crippen LogP contribution in [0.2, 0.25) is 0 Å². The molecule has 1 fully saturated rings. The molecule has 1 aromatic carbocycles. The van der Waals surface area contributed by atoms with Crippen LogP contribution in [0.4, 0.5) is 5.69 Å². The molecule has 0 aromatic heterocycles. The number of aryl methyl sites for hydroxylation is 1. The van der Waals surface area contributed by atoms with Gasteiger partial charge in [0.2, 0.25) is 5.91 Å². The lowest BCUT2D eigenvalue weighted by Crippen LogP contribution is -2.49. The first-order valence-corrected chi connectivity index (χ1v) is 11.9. The number of hydrogen-bond acceptors (Lipinski definition) is 3. The van der Waals surface area contributed by atoms with Gasteiger partial charge in [0, 0.05) is 5.69 Å². The van der Waals surface area contributed by atoms with Crippen molar-refractivity contribution in [1.29, 1.82) is 0 Å². The summed E-state index contributed by atoms with van der Waals surface area (Å²) in [7, 11) is 0. The molecule has 1 aliphatic carbocycles. The molecule has 1 amide bonds. The average Bonchev–Trinajstić information content (AvgIpc) is 2.72. The van der Waals surface area contributed by atoms with Gasteiger partial charge in [0.25, 0.3) is 0 Å². The van der Waals surface area contributed by atoms with Gasteiger partial charge in [-0.15, -0.1) is 0 Å². The molecular formula is C25H42N2O2. The second-order valence-corrected chi connectivity index (χ2v) is 8.83. The van der Waals surface area contributed by atoms with Gasteiger partial charge in [-0.1, -0.05) is 70.4 Å². The minimum Gasteiger partial charge on any atom is -0.391 e. The molecule has 4 heteroatoms. The summed E-state index contributed by atoms with van der Waals surface area (Å²) >= 11 is 0. The van der Waals surface area contributed by atoms with Crippen LogP contribution in [-0.2, 0) is 11.2 Å². The largest absolute Gasteiger partial charge is 0.391 e. The number of carbonyl (C=O) groups is 1. The summed E-state index contributed by atoms with van der Waals surface area (Å²) in [5.74, 6) is 0.471. The highest BCUT2D eigenvalue weighted by Crippen LogP contribution is 2.23. The number of rotatable bonds is 13. The standard InChI is InChI=1S/C25H42N2O2/c1-3-4-5-6-7-9-12-21-15-17-23(18-16-21)27-25(29)24(20(2)28)26-19-22-13-10-8-11-14-22/h15-18,20,22,24,26,28H,3-14,19H2,1-2H3,(H,27,29)/t20-,24?/m0/s1.